The SMILES string of the molecule is C[C@H](C(=O)NCc1cccnc1-n1cccn1)n1ccnc1. The molecular formula is C15H16N6O. The quantitative estimate of drug-likeness (QED) is 0.770. The molecule has 7 heteroatoms. The highest BCUT2D eigenvalue weighted by Gasteiger charge is 2.14. The van der Waals surface area contributed by atoms with Crippen LogP contribution in [0, 0.1) is 0 Å². The van der Waals surface area contributed by atoms with Crippen LogP contribution in [0.5, 0.6) is 0 Å². The van der Waals surface area contributed by atoms with Crippen LogP contribution >= 0.6 is 0 Å². The maximum Gasteiger partial charge on any atom is 0.243 e. The number of aromatic nitrogens is 5. The number of imidazole rings is 1. The van der Waals surface area contributed by atoms with Crippen molar-refractivity contribution in [1.82, 2.24) is 29.6 Å². The van der Waals surface area contributed by atoms with Crippen LogP contribution in [0.1, 0.15) is 18.5 Å². The summed E-state index contributed by atoms with van der Waals surface area (Å²) < 4.78 is 3.44. The van der Waals surface area contributed by atoms with E-state index in [0.717, 1.165) is 5.56 Å². The minimum atomic E-state index is -0.313. The average Bonchev–Trinajstić information content (AvgIpc) is 3.25. The molecular weight excluding hydrogens is 280 g/mol. The van der Waals surface area contributed by atoms with Crippen molar-refractivity contribution >= 4 is 5.91 Å². The third-order valence-electron chi connectivity index (χ3n) is 3.39. The van der Waals surface area contributed by atoms with Gasteiger partial charge in [0.1, 0.15) is 6.04 Å². The Labute approximate surface area is 127 Å². The van der Waals surface area contributed by atoms with Crippen molar-refractivity contribution < 1.29 is 4.79 Å². The molecule has 3 heterocycles. The summed E-state index contributed by atoms with van der Waals surface area (Å²) in [5.41, 5.74) is 0.900. The van der Waals surface area contributed by atoms with E-state index in [-0.39, 0.29) is 11.9 Å². The van der Waals surface area contributed by atoms with Gasteiger partial charge in [0.15, 0.2) is 5.82 Å². The monoisotopic (exact) mass is 296 g/mol. The van der Waals surface area contributed by atoms with Crippen molar-refractivity contribution in [3.05, 3.63) is 61.1 Å². The normalized spacial score (nSPS) is 12.0. The third-order valence-corrected chi connectivity index (χ3v) is 3.39. The smallest absolute Gasteiger partial charge is 0.243 e. The third kappa shape index (κ3) is 2.88. The first-order chi connectivity index (χ1) is 10.8. The number of hydrogen-bond donors (Lipinski definition) is 1. The van der Waals surface area contributed by atoms with Gasteiger partial charge in [0.2, 0.25) is 5.91 Å². The largest absolute Gasteiger partial charge is 0.350 e. The fraction of sp³-hybridized carbons (Fsp3) is 0.200. The van der Waals surface area contributed by atoms with E-state index in [0.29, 0.717) is 12.4 Å². The topological polar surface area (TPSA) is 77.6 Å². The van der Waals surface area contributed by atoms with Gasteiger partial charge in [0.05, 0.1) is 6.33 Å². The molecule has 0 aliphatic heterocycles. The number of pyridine rings is 1. The van der Waals surface area contributed by atoms with Crippen molar-refractivity contribution in [3.63, 3.8) is 0 Å². The lowest BCUT2D eigenvalue weighted by molar-refractivity contribution is -0.124. The molecule has 0 unspecified atom stereocenters. The zero-order chi connectivity index (χ0) is 15.4. The van der Waals surface area contributed by atoms with E-state index in [1.54, 1.807) is 40.4 Å². The molecule has 1 amide bonds. The number of amides is 1. The Balaban J connectivity index is 1.71. The van der Waals surface area contributed by atoms with E-state index in [9.17, 15) is 4.79 Å². The van der Waals surface area contributed by atoms with Crippen LogP contribution < -0.4 is 5.32 Å². The number of nitrogens with one attached hydrogen (secondary N) is 1. The zero-order valence-electron chi connectivity index (χ0n) is 12.1. The van der Waals surface area contributed by atoms with Crippen LogP contribution in [-0.2, 0) is 11.3 Å². The fourth-order valence-corrected chi connectivity index (χ4v) is 2.13. The first-order valence-electron chi connectivity index (χ1n) is 6.95. The zero-order valence-corrected chi connectivity index (χ0v) is 12.1. The van der Waals surface area contributed by atoms with E-state index < -0.39 is 0 Å². The lowest BCUT2D eigenvalue weighted by Crippen LogP contribution is -2.30. The second-order valence-electron chi connectivity index (χ2n) is 4.84. The lowest BCUT2D eigenvalue weighted by atomic mass is 10.2. The maximum absolute atomic E-state index is 12.2. The Hall–Kier alpha value is -2.96. The van der Waals surface area contributed by atoms with Gasteiger partial charge < -0.3 is 9.88 Å². The van der Waals surface area contributed by atoms with E-state index in [4.69, 9.17) is 0 Å². The van der Waals surface area contributed by atoms with Gasteiger partial charge in [-0.25, -0.2) is 14.6 Å². The Bertz CT molecular complexity index is 735. The molecule has 112 valence electrons. The van der Waals surface area contributed by atoms with E-state index >= 15 is 0 Å². The second-order valence-corrected chi connectivity index (χ2v) is 4.84. The molecule has 0 spiro atoms. The standard InChI is InChI=1S/C15H16N6O/c1-12(20-9-7-16-11-20)15(22)18-10-13-4-2-5-17-14(13)21-8-3-6-19-21/h2-9,11-12H,10H2,1H3,(H,18,22)/t12-/m1/s1. The Morgan fingerprint density at radius 2 is 2.18 bits per heavy atom. The van der Waals surface area contributed by atoms with Crippen molar-refractivity contribution in [2.24, 2.45) is 0 Å². The molecule has 3 rings (SSSR count). The van der Waals surface area contributed by atoms with Crippen molar-refractivity contribution in [2.75, 3.05) is 0 Å². The van der Waals surface area contributed by atoms with Gasteiger partial charge in [-0.2, -0.15) is 5.10 Å². The number of nitrogens with zero attached hydrogens (tertiary/aromatic N) is 5. The summed E-state index contributed by atoms with van der Waals surface area (Å²) in [7, 11) is 0. The summed E-state index contributed by atoms with van der Waals surface area (Å²) >= 11 is 0. The predicted octanol–water partition coefficient (Wildman–Crippen LogP) is 1.34. The number of carbonyl (C=O) groups is 1. The molecule has 0 radical (unpaired) electrons. The number of carbonyl (C=O) groups excluding carboxylic acids is 1. The Morgan fingerprint density at radius 1 is 1.27 bits per heavy atom. The van der Waals surface area contributed by atoms with Crippen LogP contribution in [0.25, 0.3) is 5.82 Å². The van der Waals surface area contributed by atoms with E-state index in [1.807, 2.05) is 31.3 Å². The first kappa shape index (κ1) is 14.0. The molecule has 22 heavy (non-hydrogen) atoms. The minimum absolute atomic E-state index is 0.0757. The fourth-order valence-electron chi connectivity index (χ4n) is 2.13. The molecule has 0 aliphatic carbocycles. The average molecular weight is 296 g/mol. The second kappa shape index (κ2) is 6.21. The Morgan fingerprint density at radius 3 is 2.91 bits per heavy atom. The summed E-state index contributed by atoms with van der Waals surface area (Å²) in [6.45, 7) is 2.22. The van der Waals surface area contributed by atoms with Crippen LogP contribution in [-0.4, -0.2) is 30.2 Å². The van der Waals surface area contributed by atoms with Crippen molar-refractivity contribution in [2.45, 2.75) is 19.5 Å². The van der Waals surface area contributed by atoms with Gasteiger partial charge in [-0.05, 0) is 19.1 Å². The Kier molecular flexibility index (Phi) is 3.95. The number of hydrogen-bond acceptors (Lipinski definition) is 4. The van der Waals surface area contributed by atoms with Crippen LogP contribution in [0.15, 0.2) is 55.5 Å². The molecule has 0 fully saturated rings. The highest BCUT2D eigenvalue weighted by atomic mass is 16.2. The molecule has 3 aromatic heterocycles. The van der Waals surface area contributed by atoms with Crippen LogP contribution in [0.3, 0.4) is 0 Å². The van der Waals surface area contributed by atoms with Crippen molar-refractivity contribution in [3.8, 4) is 5.82 Å². The lowest BCUT2D eigenvalue weighted by Gasteiger charge is -2.14. The molecule has 1 N–H and O–H groups in total. The molecule has 7 nitrogen and oxygen atoms in total. The van der Waals surface area contributed by atoms with Crippen molar-refractivity contribution in [1.29, 1.82) is 0 Å². The highest BCUT2D eigenvalue weighted by Crippen LogP contribution is 2.11. The molecule has 3 aromatic rings. The summed E-state index contributed by atoms with van der Waals surface area (Å²) in [5, 5.41) is 7.10. The van der Waals surface area contributed by atoms with Gasteiger partial charge in [-0.1, -0.05) is 6.07 Å². The summed E-state index contributed by atoms with van der Waals surface area (Å²) in [4.78, 5) is 20.5. The van der Waals surface area contributed by atoms with E-state index in [2.05, 4.69) is 20.4 Å². The van der Waals surface area contributed by atoms with Gasteiger partial charge in [0, 0.05) is 43.1 Å². The molecule has 0 bridgehead atoms. The molecule has 0 saturated carbocycles. The van der Waals surface area contributed by atoms with Crippen LogP contribution in [0.2, 0.25) is 0 Å². The summed E-state index contributed by atoms with van der Waals surface area (Å²) in [5.74, 6) is 0.636. The maximum atomic E-state index is 12.2. The predicted molar refractivity (Wildman–Crippen MR) is 80.1 cm³/mol. The van der Waals surface area contributed by atoms with Gasteiger partial charge in [0.25, 0.3) is 0 Å². The first-order valence-corrected chi connectivity index (χ1v) is 6.95. The molecule has 1 atom stereocenters. The highest BCUT2D eigenvalue weighted by molar-refractivity contribution is 5.79. The molecule has 0 saturated heterocycles. The van der Waals surface area contributed by atoms with E-state index in [1.165, 1.54) is 0 Å². The van der Waals surface area contributed by atoms with Gasteiger partial charge in [-0.15, -0.1) is 0 Å². The molecule has 0 aliphatic rings. The molecule has 0 aromatic carbocycles. The minimum Gasteiger partial charge on any atom is -0.350 e. The van der Waals surface area contributed by atoms with Gasteiger partial charge in [-0.3, -0.25) is 4.79 Å². The summed E-state index contributed by atoms with van der Waals surface area (Å²) in [6.07, 6.45) is 10.3. The van der Waals surface area contributed by atoms with Crippen LogP contribution in [0.4, 0.5) is 0 Å². The van der Waals surface area contributed by atoms with Gasteiger partial charge >= 0.3 is 0 Å². The number of rotatable bonds is 5. The summed E-state index contributed by atoms with van der Waals surface area (Å²) in [6, 6.07) is 5.28.